The van der Waals surface area contributed by atoms with E-state index in [0.717, 1.165) is 23.4 Å². The molecule has 144 valence electrons. The molecule has 0 aliphatic heterocycles. The Morgan fingerprint density at radius 3 is 2.44 bits per heavy atom. The molecule has 0 bridgehead atoms. The number of sulfone groups is 1. The molecule has 1 aromatic carbocycles. The molecule has 2 rings (SSSR count). The highest BCUT2D eigenvalue weighted by Gasteiger charge is 2.35. The maximum Gasteiger partial charge on any atom is 0.417 e. The molecule has 0 radical (unpaired) electrons. The van der Waals surface area contributed by atoms with Crippen molar-refractivity contribution in [3.05, 3.63) is 52.2 Å². The number of benzene rings is 1. The molecule has 0 aliphatic carbocycles. The van der Waals surface area contributed by atoms with Crippen LogP contribution in [0.2, 0.25) is 0 Å². The Morgan fingerprint density at radius 1 is 1.19 bits per heavy atom. The van der Waals surface area contributed by atoms with E-state index in [2.05, 4.69) is 4.98 Å². The largest absolute Gasteiger partial charge is 0.417 e. The van der Waals surface area contributed by atoms with Gasteiger partial charge in [0, 0.05) is 11.4 Å². The second-order valence-corrected chi connectivity index (χ2v) is 9.20. The molecular weight excluding hydrogens is 397 g/mol. The van der Waals surface area contributed by atoms with Crippen LogP contribution in [0.3, 0.4) is 0 Å². The third-order valence-corrected chi connectivity index (χ3v) is 6.89. The molecule has 1 heterocycles. The van der Waals surface area contributed by atoms with Gasteiger partial charge in [0.05, 0.1) is 21.8 Å². The summed E-state index contributed by atoms with van der Waals surface area (Å²) in [5.74, 6) is -0.290. The molecular formula is C18H17F3N2O2S2. The van der Waals surface area contributed by atoms with E-state index in [1.807, 2.05) is 0 Å². The number of aryl methyl sites for hydroxylation is 3. The van der Waals surface area contributed by atoms with Crippen LogP contribution in [0.4, 0.5) is 13.2 Å². The normalized spacial score (nSPS) is 12.0. The van der Waals surface area contributed by atoms with Gasteiger partial charge < -0.3 is 0 Å². The lowest BCUT2D eigenvalue weighted by Crippen LogP contribution is -2.13. The van der Waals surface area contributed by atoms with Crippen LogP contribution < -0.4 is 0 Å². The average molecular weight is 414 g/mol. The molecule has 4 nitrogen and oxygen atoms in total. The molecule has 0 saturated heterocycles. The molecule has 0 saturated carbocycles. The van der Waals surface area contributed by atoms with Crippen molar-refractivity contribution in [1.29, 1.82) is 5.26 Å². The highest BCUT2D eigenvalue weighted by atomic mass is 32.2. The first kappa shape index (κ1) is 21.3. The quantitative estimate of drug-likeness (QED) is 0.676. The summed E-state index contributed by atoms with van der Waals surface area (Å²) in [6.45, 7) is 4.86. The Bertz CT molecular complexity index is 1010. The number of hydrogen-bond acceptors (Lipinski definition) is 5. The smallest absolute Gasteiger partial charge is 0.245 e. The lowest BCUT2D eigenvalue weighted by molar-refractivity contribution is -0.138. The van der Waals surface area contributed by atoms with E-state index < -0.39 is 27.1 Å². The summed E-state index contributed by atoms with van der Waals surface area (Å²) in [5.41, 5.74) is -0.119. The summed E-state index contributed by atoms with van der Waals surface area (Å²) >= 11 is 0.835. The van der Waals surface area contributed by atoms with Crippen molar-refractivity contribution in [3.8, 4) is 6.07 Å². The van der Waals surface area contributed by atoms with Crippen molar-refractivity contribution in [2.75, 3.05) is 11.5 Å². The number of pyridine rings is 1. The van der Waals surface area contributed by atoms with Crippen molar-refractivity contribution >= 4 is 21.6 Å². The van der Waals surface area contributed by atoms with Crippen LogP contribution >= 0.6 is 11.8 Å². The van der Waals surface area contributed by atoms with Gasteiger partial charge in [0.25, 0.3) is 0 Å². The Kier molecular flexibility index (Phi) is 6.22. The Morgan fingerprint density at radius 2 is 1.85 bits per heavy atom. The number of rotatable bonds is 5. The lowest BCUT2D eigenvalue weighted by atomic mass is 10.1. The second kappa shape index (κ2) is 7.90. The molecule has 27 heavy (non-hydrogen) atoms. The van der Waals surface area contributed by atoms with Gasteiger partial charge in [-0.15, -0.1) is 11.8 Å². The van der Waals surface area contributed by atoms with Crippen LogP contribution in [-0.2, 0) is 16.0 Å². The van der Waals surface area contributed by atoms with Gasteiger partial charge in [0.15, 0.2) is 9.84 Å². The van der Waals surface area contributed by atoms with Crippen LogP contribution in [0.15, 0.2) is 34.2 Å². The van der Waals surface area contributed by atoms with Crippen LogP contribution in [0.5, 0.6) is 0 Å². The van der Waals surface area contributed by atoms with Gasteiger partial charge in [-0.2, -0.15) is 18.4 Å². The Hall–Kier alpha value is -2.05. The summed E-state index contributed by atoms with van der Waals surface area (Å²) in [6, 6.07) is 7.44. The van der Waals surface area contributed by atoms with Gasteiger partial charge in [-0.05, 0) is 44.0 Å². The molecule has 0 amide bonds. The predicted molar refractivity (Wildman–Crippen MR) is 97.4 cm³/mol. The molecule has 0 spiro atoms. The standard InChI is InChI=1S/C18H17F3N2O2S2/c1-11-4-5-12(2)16(8-11)27(24,25)7-6-26-17-14(10-22)15(18(19,20)21)9-13(3)23-17/h4-5,8-9H,6-7H2,1-3H3. The molecule has 0 aliphatic rings. The minimum Gasteiger partial charge on any atom is -0.245 e. The van der Waals surface area contributed by atoms with Crippen molar-refractivity contribution in [2.24, 2.45) is 0 Å². The van der Waals surface area contributed by atoms with E-state index in [0.29, 0.717) is 5.56 Å². The van der Waals surface area contributed by atoms with Crippen LogP contribution in [0.25, 0.3) is 0 Å². The monoisotopic (exact) mass is 414 g/mol. The zero-order valence-corrected chi connectivity index (χ0v) is 16.5. The van der Waals surface area contributed by atoms with Gasteiger partial charge in [-0.3, -0.25) is 0 Å². The zero-order valence-electron chi connectivity index (χ0n) is 14.9. The molecule has 0 atom stereocenters. The minimum absolute atomic E-state index is 0.0157. The maximum absolute atomic E-state index is 13.1. The van der Waals surface area contributed by atoms with E-state index in [4.69, 9.17) is 5.26 Å². The Balaban J connectivity index is 2.26. The van der Waals surface area contributed by atoms with E-state index in [1.165, 1.54) is 6.92 Å². The molecule has 0 fully saturated rings. The van der Waals surface area contributed by atoms with E-state index in [9.17, 15) is 21.6 Å². The summed E-state index contributed by atoms with van der Waals surface area (Å²) in [4.78, 5) is 4.19. The maximum atomic E-state index is 13.1. The summed E-state index contributed by atoms with van der Waals surface area (Å²) < 4.78 is 64.5. The molecule has 2 aromatic rings. The summed E-state index contributed by atoms with van der Waals surface area (Å²) in [6.07, 6.45) is -4.68. The molecule has 1 aromatic heterocycles. The number of thioether (sulfide) groups is 1. The highest BCUT2D eigenvalue weighted by molar-refractivity contribution is 8.00. The Labute approximate surface area is 160 Å². The first-order chi connectivity index (χ1) is 12.5. The van der Waals surface area contributed by atoms with Crippen molar-refractivity contribution in [3.63, 3.8) is 0 Å². The number of halogens is 3. The van der Waals surface area contributed by atoms with Gasteiger partial charge in [-0.1, -0.05) is 12.1 Å². The van der Waals surface area contributed by atoms with Crippen molar-refractivity contribution < 1.29 is 21.6 Å². The van der Waals surface area contributed by atoms with Gasteiger partial charge in [0.2, 0.25) is 0 Å². The van der Waals surface area contributed by atoms with Gasteiger partial charge in [0.1, 0.15) is 11.1 Å². The van der Waals surface area contributed by atoms with Gasteiger partial charge >= 0.3 is 6.18 Å². The predicted octanol–water partition coefficient (Wildman–Crippen LogP) is 4.46. The first-order valence-electron chi connectivity index (χ1n) is 7.87. The fraction of sp³-hybridized carbons (Fsp3) is 0.333. The number of hydrogen-bond donors (Lipinski definition) is 0. The topological polar surface area (TPSA) is 70.8 Å². The fourth-order valence-electron chi connectivity index (χ4n) is 2.48. The summed E-state index contributed by atoms with van der Waals surface area (Å²) in [7, 11) is -3.61. The van der Waals surface area contributed by atoms with Crippen LogP contribution in [0, 0.1) is 32.1 Å². The zero-order chi connectivity index (χ0) is 20.4. The number of nitriles is 1. The lowest BCUT2D eigenvalue weighted by Gasteiger charge is -2.13. The minimum atomic E-state index is -4.68. The van der Waals surface area contributed by atoms with E-state index in [1.54, 1.807) is 38.1 Å². The van der Waals surface area contributed by atoms with Crippen LogP contribution in [-0.4, -0.2) is 24.9 Å². The van der Waals surface area contributed by atoms with E-state index in [-0.39, 0.29) is 27.1 Å². The third kappa shape index (κ3) is 5.02. The third-order valence-electron chi connectivity index (χ3n) is 3.80. The number of nitrogens with zero attached hydrogens (tertiary/aromatic N) is 2. The van der Waals surface area contributed by atoms with Crippen LogP contribution in [0.1, 0.15) is 27.9 Å². The molecule has 9 heteroatoms. The first-order valence-corrected chi connectivity index (χ1v) is 10.5. The summed E-state index contributed by atoms with van der Waals surface area (Å²) in [5, 5.41) is 9.03. The number of aromatic nitrogens is 1. The molecule has 0 unspecified atom stereocenters. The van der Waals surface area contributed by atoms with E-state index >= 15 is 0 Å². The van der Waals surface area contributed by atoms with Gasteiger partial charge in [-0.25, -0.2) is 13.4 Å². The average Bonchev–Trinajstić information content (AvgIpc) is 2.55. The highest BCUT2D eigenvalue weighted by Crippen LogP contribution is 2.36. The number of alkyl halides is 3. The fourth-order valence-corrected chi connectivity index (χ4v) is 5.54. The SMILES string of the molecule is Cc1ccc(C)c(S(=O)(=O)CCSc2nc(C)cc(C(F)(F)F)c2C#N)c1. The van der Waals surface area contributed by atoms with Crippen molar-refractivity contribution in [2.45, 2.75) is 36.9 Å². The molecule has 0 N–H and O–H groups in total. The second-order valence-electron chi connectivity index (χ2n) is 6.04. The van der Waals surface area contributed by atoms with Crippen molar-refractivity contribution in [1.82, 2.24) is 4.98 Å².